The molecule has 1 N–H and O–H groups in total. The number of ether oxygens (including phenoxy) is 1. The summed E-state index contributed by atoms with van der Waals surface area (Å²) in [4.78, 5) is 27.3. The van der Waals surface area contributed by atoms with Crippen LogP contribution in [0, 0.1) is 13.8 Å². The Morgan fingerprint density at radius 3 is 2.42 bits per heavy atom. The van der Waals surface area contributed by atoms with Crippen molar-refractivity contribution in [1.29, 1.82) is 0 Å². The van der Waals surface area contributed by atoms with Crippen LogP contribution in [0.1, 0.15) is 43.4 Å². The summed E-state index contributed by atoms with van der Waals surface area (Å²) in [5.74, 6) is 0.0836. The maximum atomic E-state index is 13.1. The summed E-state index contributed by atoms with van der Waals surface area (Å²) in [6.07, 6.45) is 1.84. The van der Waals surface area contributed by atoms with E-state index in [4.69, 9.17) is 27.9 Å². The standard InChI is InChI=1S/C24H30Cl2N2O3/c1-5-6-12-27-24(30)18(4)28(14-19-20(25)8-7-9-21(19)26)23(29)15-31-22-11-10-16(2)13-17(22)3/h7-11,13,18H,5-6,12,14-15H2,1-4H3,(H,27,30)/t18-/m0/s1. The first-order chi connectivity index (χ1) is 14.7. The predicted molar refractivity (Wildman–Crippen MR) is 126 cm³/mol. The predicted octanol–water partition coefficient (Wildman–Crippen LogP) is 5.32. The van der Waals surface area contributed by atoms with Gasteiger partial charge in [-0.25, -0.2) is 0 Å². The quantitative estimate of drug-likeness (QED) is 0.483. The molecule has 168 valence electrons. The molecule has 2 aromatic rings. The molecule has 2 aromatic carbocycles. The lowest BCUT2D eigenvalue weighted by atomic mass is 10.1. The normalized spacial score (nSPS) is 11.7. The van der Waals surface area contributed by atoms with Gasteiger partial charge in [0, 0.05) is 28.7 Å². The minimum atomic E-state index is -0.709. The van der Waals surface area contributed by atoms with Crippen molar-refractivity contribution in [3.63, 3.8) is 0 Å². The summed E-state index contributed by atoms with van der Waals surface area (Å²) >= 11 is 12.6. The van der Waals surface area contributed by atoms with Crippen molar-refractivity contribution in [3.8, 4) is 5.75 Å². The molecule has 0 saturated carbocycles. The highest BCUT2D eigenvalue weighted by Gasteiger charge is 2.27. The van der Waals surface area contributed by atoms with Gasteiger partial charge in [-0.2, -0.15) is 0 Å². The highest BCUT2D eigenvalue weighted by atomic mass is 35.5. The minimum absolute atomic E-state index is 0.107. The van der Waals surface area contributed by atoms with Gasteiger partial charge >= 0.3 is 0 Å². The molecular formula is C24H30Cl2N2O3. The Balaban J connectivity index is 2.20. The van der Waals surface area contributed by atoms with Crippen LogP contribution in [0.5, 0.6) is 5.75 Å². The number of nitrogens with one attached hydrogen (secondary N) is 1. The molecule has 5 nitrogen and oxygen atoms in total. The van der Waals surface area contributed by atoms with E-state index in [1.54, 1.807) is 25.1 Å². The number of rotatable bonds is 10. The fraction of sp³-hybridized carbons (Fsp3) is 0.417. The number of hydrogen-bond donors (Lipinski definition) is 1. The van der Waals surface area contributed by atoms with E-state index in [0.29, 0.717) is 27.9 Å². The fourth-order valence-electron chi connectivity index (χ4n) is 3.16. The van der Waals surface area contributed by atoms with Crippen LogP contribution < -0.4 is 10.1 Å². The van der Waals surface area contributed by atoms with Gasteiger partial charge in [0.05, 0.1) is 0 Å². The molecule has 0 aliphatic heterocycles. The van der Waals surface area contributed by atoms with Crippen LogP contribution in [-0.4, -0.2) is 35.9 Å². The molecule has 7 heteroatoms. The van der Waals surface area contributed by atoms with E-state index in [1.807, 2.05) is 32.0 Å². The summed E-state index contributed by atoms with van der Waals surface area (Å²) < 4.78 is 5.77. The molecule has 2 rings (SSSR count). The Bertz CT molecular complexity index is 897. The van der Waals surface area contributed by atoms with E-state index in [2.05, 4.69) is 12.2 Å². The molecule has 0 aliphatic carbocycles. The second-order valence-corrected chi connectivity index (χ2v) is 8.41. The average molecular weight is 465 g/mol. The molecule has 2 amide bonds. The van der Waals surface area contributed by atoms with Crippen molar-refractivity contribution in [2.24, 2.45) is 0 Å². The number of amides is 2. The molecule has 0 fully saturated rings. The van der Waals surface area contributed by atoms with Gasteiger partial charge in [0.2, 0.25) is 5.91 Å². The lowest BCUT2D eigenvalue weighted by Crippen LogP contribution is -2.49. The van der Waals surface area contributed by atoms with Gasteiger partial charge in [0.25, 0.3) is 5.91 Å². The topological polar surface area (TPSA) is 58.6 Å². The Labute approximate surface area is 194 Å². The second kappa shape index (κ2) is 12.0. The van der Waals surface area contributed by atoms with E-state index < -0.39 is 6.04 Å². The van der Waals surface area contributed by atoms with Crippen LogP contribution in [0.4, 0.5) is 0 Å². The maximum Gasteiger partial charge on any atom is 0.261 e. The third-order valence-corrected chi connectivity index (χ3v) is 5.78. The fourth-order valence-corrected chi connectivity index (χ4v) is 3.67. The third kappa shape index (κ3) is 7.15. The van der Waals surface area contributed by atoms with Gasteiger partial charge < -0.3 is 15.0 Å². The number of halogens is 2. The molecule has 0 unspecified atom stereocenters. The molecule has 0 bridgehead atoms. The summed E-state index contributed by atoms with van der Waals surface area (Å²) in [5.41, 5.74) is 2.65. The SMILES string of the molecule is CCCCNC(=O)[C@H](C)N(Cc1c(Cl)cccc1Cl)C(=O)COc1ccc(C)cc1C. The minimum Gasteiger partial charge on any atom is -0.483 e. The summed E-state index contributed by atoms with van der Waals surface area (Å²) in [6.45, 7) is 8.14. The van der Waals surface area contributed by atoms with Gasteiger partial charge in [-0.05, 0) is 51.0 Å². The highest BCUT2D eigenvalue weighted by Crippen LogP contribution is 2.27. The molecular weight excluding hydrogens is 435 g/mol. The van der Waals surface area contributed by atoms with Crippen LogP contribution >= 0.6 is 23.2 Å². The summed E-state index contributed by atoms with van der Waals surface area (Å²) in [5, 5.41) is 3.77. The van der Waals surface area contributed by atoms with Crippen LogP contribution in [-0.2, 0) is 16.1 Å². The number of benzene rings is 2. The molecule has 0 saturated heterocycles. The zero-order chi connectivity index (χ0) is 23.0. The summed E-state index contributed by atoms with van der Waals surface area (Å²) in [7, 11) is 0. The van der Waals surface area contributed by atoms with Crippen LogP contribution in [0.15, 0.2) is 36.4 Å². The largest absolute Gasteiger partial charge is 0.483 e. The molecule has 1 atom stereocenters. The molecule has 31 heavy (non-hydrogen) atoms. The Kier molecular flexibility index (Phi) is 9.66. The summed E-state index contributed by atoms with van der Waals surface area (Å²) in [6, 6.07) is 10.2. The molecule has 0 radical (unpaired) electrons. The van der Waals surface area contributed by atoms with Crippen molar-refractivity contribution in [2.45, 2.75) is 53.1 Å². The van der Waals surface area contributed by atoms with Crippen molar-refractivity contribution in [1.82, 2.24) is 10.2 Å². The molecule has 0 spiro atoms. The van der Waals surface area contributed by atoms with E-state index in [-0.39, 0.29) is 25.0 Å². The zero-order valence-electron chi connectivity index (χ0n) is 18.5. The highest BCUT2D eigenvalue weighted by molar-refractivity contribution is 6.36. The Hall–Kier alpha value is -2.24. The van der Waals surface area contributed by atoms with Crippen molar-refractivity contribution < 1.29 is 14.3 Å². The van der Waals surface area contributed by atoms with Crippen molar-refractivity contribution >= 4 is 35.0 Å². The van der Waals surface area contributed by atoms with Gasteiger partial charge in [0.1, 0.15) is 11.8 Å². The van der Waals surface area contributed by atoms with Crippen molar-refractivity contribution in [2.75, 3.05) is 13.2 Å². The van der Waals surface area contributed by atoms with E-state index >= 15 is 0 Å². The van der Waals surface area contributed by atoms with Crippen LogP contribution in [0.3, 0.4) is 0 Å². The number of unbranched alkanes of at least 4 members (excludes halogenated alkanes) is 1. The number of carbonyl (C=O) groups excluding carboxylic acids is 2. The van der Waals surface area contributed by atoms with Crippen molar-refractivity contribution in [3.05, 3.63) is 63.1 Å². The van der Waals surface area contributed by atoms with Gasteiger partial charge in [0.15, 0.2) is 6.61 Å². The number of aryl methyl sites for hydroxylation is 2. The van der Waals surface area contributed by atoms with Gasteiger partial charge in [-0.1, -0.05) is 60.3 Å². The maximum absolute atomic E-state index is 13.1. The number of carbonyl (C=O) groups is 2. The number of nitrogens with zero attached hydrogens (tertiary/aromatic N) is 1. The van der Waals surface area contributed by atoms with Gasteiger partial charge in [-0.15, -0.1) is 0 Å². The van der Waals surface area contributed by atoms with E-state index in [0.717, 1.165) is 24.0 Å². The number of hydrogen-bond acceptors (Lipinski definition) is 3. The van der Waals surface area contributed by atoms with Crippen LogP contribution in [0.25, 0.3) is 0 Å². The monoisotopic (exact) mass is 464 g/mol. The first-order valence-corrected chi connectivity index (χ1v) is 11.2. The van der Waals surface area contributed by atoms with E-state index in [9.17, 15) is 9.59 Å². The lowest BCUT2D eigenvalue weighted by molar-refractivity contribution is -0.142. The van der Waals surface area contributed by atoms with Gasteiger partial charge in [-0.3, -0.25) is 9.59 Å². The second-order valence-electron chi connectivity index (χ2n) is 7.60. The third-order valence-electron chi connectivity index (χ3n) is 5.07. The molecule has 0 aromatic heterocycles. The smallest absolute Gasteiger partial charge is 0.261 e. The zero-order valence-corrected chi connectivity index (χ0v) is 20.0. The average Bonchev–Trinajstić information content (AvgIpc) is 2.72. The Morgan fingerprint density at radius 1 is 1.13 bits per heavy atom. The first-order valence-electron chi connectivity index (χ1n) is 10.4. The first kappa shape index (κ1) is 25.0. The Morgan fingerprint density at radius 2 is 1.81 bits per heavy atom. The molecule has 0 aliphatic rings. The lowest BCUT2D eigenvalue weighted by Gasteiger charge is -2.29. The van der Waals surface area contributed by atoms with E-state index in [1.165, 1.54) is 4.90 Å². The van der Waals surface area contributed by atoms with Crippen LogP contribution in [0.2, 0.25) is 10.0 Å². The molecule has 0 heterocycles.